The predicted octanol–water partition coefficient (Wildman–Crippen LogP) is 3.34. The third-order valence-electron chi connectivity index (χ3n) is 4.53. The number of carbonyl (C=O) groups excluding carboxylic acids is 1. The van der Waals surface area contributed by atoms with Crippen molar-refractivity contribution in [3.05, 3.63) is 66.2 Å². The Morgan fingerprint density at radius 3 is 2.45 bits per heavy atom. The molecular formula is C23H26N2O5S. The van der Waals surface area contributed by atoms with Crippen LogP contribution < -0.4 is 19.5 Å². The number of hydrogen-bond donors (Lipinski definition) is 2. The predicted molar refractivity (Wildman–Crippen MR) is 120 cm³/mol. The van der Waals surface area contributed by atoms with Crippen LogP contribution in [0, 0.1) is 0 Å². The highest BCUT2D eigenvalue weighted by molar-refractivity contribution is 7.89. The minimum Gasteiger partial charge on any atom is -0.496 e. The van der Waals surface area contributed by atoms with Crippen LogP contribution in [0.15, 0.2) is 65.6 Å². The van der Waals surface area contributed by atoms with Crippen molar-refractivity contribution in [3.63, 3.8) is 0 Å². The van der Waals surface area contributed by atoms with Gasteiger partial charge < -0.3 is 14.8 Å². The molecule has 0 aliphatic rings. The molecule has 0 saturated heterocycles. The number of fused-ring (bicyclic) bond motifs is 1. The summed E-state index contributed by atoms with van der Waals surface area (Å²) in [6.07, 6.45) is 0. The first kappa shape index (κ1) is 22.6. The smallest absolute Gasteiger partial charge is 0.255 e. The Hall–Kier alpha value is -3.10. The van der Waals surface area contributed by atoms with E-state index in [1.165, 1.54) is 25.3 Å². The molecule has 8 heteroatoms. The largest absolute Gasteiger partial charge is 0.496 e. The van der Waals surface area contributed by atoms with Gasteiger partial charge in [0.15, 0.2) is 0 Å². The quantitative estimate of drug-likeness (QED) is 0.496. The first-order valence-electron chi connectivity index (χ1n) is 9.90. The fourth-order valence-electron chi connectivity index (χ4n) is 3.06. The van der Waals surface area contributed by atoms with Crippen molar-refractivity contribution in [2.75, 3.05) is 20.3 Å². The van der Waals surface area contributed by atoms with Crippen LogP contribution >= 0.6 is 0 Å². The number of carbonyl (C=O) groups is 1. The summed E-state index contributed by atoms with van der Waals surface area (Å²) in [7, 11) is -2.40. The van der Waals surface area contributed by atoms with Gasteiger partial charge in [-0.1, -0.05) is 30.3 Å². The summed E-state index contributed by atoms with van der Waals surface area (Å²) in [4.78, 5) is 12.4. The van der Waals surface area contributed by atoms with Crippen molar-refractivity contribution in [1.29, 1.82) is 0 Å². The summed E-state index contributed by atoms with van der Waals surface area (Å²) in [6, 6.07) is 17.7. The number of hydrogen-bond acceptors (Lipinski definition) is 5. The zero-order valence-electron chi connectivity index (χ0n) is 17.7. The SMILES string of the molecule is COc1ccc(S(=O)(=O)NCCOc2ccc3ccccc3c2)cc1C(=O)NC(C)C. The number of benzene rings is 3. The zero-order chi connectivity index (χ0) is 22.4. The lowest BCUT2D eigenvalue weighted by atomic mass is 10.1. The van der Waals surface area contributed by atoms with E-state index in [1.54, 1.807) is 0 Å². The van der Waals surface area contributed by atoms with Gasteiger partial charge >= 0.3 is 0 Å². The van der Waals surface area contributed by atoms with Crippen LogP contribution in [0.2, 0.25) is 0 Å². The van der Waals surface area contributed by atoms with Gasteiger partial charge in [0.1, 0.15) is 18.1 Å². The van der Waals surface area contributed by atoms with E-state index in [9.17, 15) is 13.2 Å². The number of rotatable bonds is 9. The Labute approximate surface area is 182 Å². The monoisotopic (exact) mass is 442 g/mol. The molecule has 164 valence electrons. The molecule has 3 rings (SSSR count). The Morgan fingerprint density at radius 2 is 1.74 bits per heavy atom. The molecule has 0 aromatic heterocycles. The third-order valence-corrected chi connectivity index (χ3v) is 5.99. The second kappa shape index (κ2) is 9.80. The normalized spacial score (nSPS) is 11.5. The molecule has 0 spiro atoms. The van der Waals surface area contributed by atoms with Crippen molar-refractivity contribution in [3.8, 4) is 11.5 Å². The van der Waals surface area contributed by atoms with Gasteiger partial charge in [-0.2, -0.15) is 0 Å². The summed E-state index contributed by atoms with van der Waals surface area (Å²) in [5.41, 5.74) is 0.159. The Kier molecular flexibility index (Phi) is 7.14. The molecule has 0 aliphatic carbocycles. The van der Waals surface area contributed by atoms with Gasteiger partial charge in [0.05, 0.1) is 17.6 Å². The van der Waals surface area contributed by atoms with Crippen LogP contribution in [0.25, 0.3) is 10.8 Å². The lowest BCUT2D eigenvalue weighted by Crippen LogP contribution is -2.31. The van der Waals surface area contributed by atoms with E-state index in [0.29, 0.717) is 11.5 Å². The molecular weight excluding hydrogens is 416 g/mol. The van der Waals surface area contributed by atoms with Crippen molar-refractivity contribution >= 4 is 26.7 Å². The standard InChI is InChI=1S/C23H26N2O5S/c1-16(2)25-23(26)21-15-20(10-11-22(21)29-3)31(27,28)24-12-13-30-19-9-8-17-6-4-5-7-18(17)14-19/h4-11,14-16,24H,12-13H2,1-3H3,(H,25,26). The van der Waals surface area contributed by atoms with Crippen molar-refractivity contribution in [2.45, 2.75) is 24.8 Å². The highest BCUT2D eigenvalue weighted by atomic mass is 32.2. The lowest BCUT2D eigenvalue weighted by molar-refractivity contribution is 0.0940. The molecule has 0 saturated carbocycles. The van der Waals surface area contributed by atoms with Gasteiger partial charge in [0.25, 0.3) is 5.91 Å². The van der Waals surface area contributed by atoms with E-state index in [4.69, 9.17) is 9.47 Å². The Bertz CT molecular complexity index is 1180. The van der Waals surface area contributed by atoms with Gasteiger partial charge in [-0.05, 0) is 55.0 Å². The summed E-state index contributed by atoms with van der Waals surface area (Å²) in [5, 5.41) is 4.89. The topological polar surface area (TPSA) is 93.7 Å². The van der Waals surface area contributed by atoms with Gasteiger partial charge in [0, 0.05) is 12.6 Å². The van der Waals surface area contributed by atoms with E-state index >= 15 is 0 Å². The molecule has 7 nitrogen and oxygen atoms in total. The number of amides is 1. The number of sulfonamides is 1. The molecule has 0 fully saturated rings. The first-order chi connectivity index (χ1) is 14.8. The minimum absolute atomic E-state index is 0.0205. The van der Waals surface area contributed by atoms with Crippen LogP contribution in [0.1, 0.15) is 24.2 Å². The number of ether oxygens (including phenoxy) is 2. The van der Waals surface area contributed by atoms with E-state index < -0.39 is 15.9 Å². The molecule has 0 unspecified atom stereocenters. The van der Waals surface area contributed by atoms with Crippen molar-refractivity contribution < 1.29 is 22.7 Å². The van der Waals surface area contributed by atoms with Gasteiger partial charge in [-0.25, -0.2) is 13.1 Å². The molecule has 1 amide bonds. The Balaban J connectivity index is 1.65. The summed E-state index contributed by atoms with van der Waals surface area (Å²) in [6.45, 7) is 3.88. The van der Waals surface area contributed by atoms with Crippen LogP contribution in [-0.4, -0.2) is 40.6 Å². The summed E-state index contributed by atoms with van der Waals surface area (Å²) >= 11 is 0. The highest BCUT2D eigenvalue weighted by Crippen LogP contribution is 2.23. The van der Waals surface area contributed by atoms with E-state index in [2.05, 4.69) is 10.0 Å². The summed E-state index contributed by atoms with van der Waals surface area (Å²) < 4.78 is 38.7. The van der Waals surface area contributed by atoms with E-state index in [0.717, 1.165) is 10.8 Å². The van der Waals surface area contributed by atoms with Gasteiger partial charge in [0.2, 0.25) is 10.0 Å². The maximum absolute atomic E-state index is 12.7. The van der Waals surface area contributed by atoms with Crippen molar-refractivity contribution in [1.82, 2.24) is 10.0 Å². The molecule has 0 heterocycles. The zero-order valence-corrected chi connectivity index (χ0v) is 18.5. The van der Waals surface area contributed by atoms with E-state index in [-0.39, 0.29) is 29.7 Å². The van der Waals surface area contributed by atoms with Crippen molar-refractivity contribution in [2.24, 2.45) is 0 Å². The maximum Gasteiger partial charge on any atom is 0.255 e. The maximum atomic E-state index is 12.7. The Morgan fingerprint density at radius 1 is 1.00 bits per heavy atom. The van der Waals surface area contributed by atoms with Crippen LogP contribution in [0.4, 0.5) is 0 Å². The highest BCUT2D eigenvalue weighted by Gasteiger charge is 2.20. The first-order valence-corrected chi connectivity index (χ1v) is 11.4. The summed E-state index contributed by atoms with van der Waals surface area (Å²) in [5.74, 6) is 0.565. The fraction of sp³-hybridized carbons (Fsp3) is 0.261. The van der Waals surface area contributed by atoms with Crippen LogP contribution in [-0.2, 0) is 10.0 Å². The molecule has 0 atom stereocenters. The second-order valence-electron chi connectivity index (χ2n) is 7.25. The lowest BCUT2D eigenvalue weighted by Gasteiger charge is -2.14. The number of methoxy groups -OCH3 is 1. The third kappa shape index (κ3) is 5.74. The molecule has 3 aromatic rings. The molecule has 0 bridgehead atoms. The molecule has 2 N–H and O–H groups in total. The molecule has 31 heavy (non-hydrogen) atoms. The van der Waals surface area contributed by atoms with Crippen LogP contribution in [0.5, 0.6) is 11.5 Å². The molecule has 3 aromatic carbocycles. The van der Waals surface area contributed by atoms with Crippen LogP contribution in [0.3, 0.4) is 0 Å². The fourth-order valence-corrected chi connectivity index (χ4v) is 4.10. The van der Waals surface area contributed by atoms with E-state index in [1.807, 2.05) is 56.3 Å². The average molecular weight is 443 g/mol. The van der Waals surface area contributed by atoms with Gasteiger partial charge in [-0.3, -0.25) is 4.79 Å². The minimum atomic E-state index is -3.82. The van der Waals surface area contributed by atoms with Gasteiger partial charge in [-0.15, -0.1) is 0 Å². The molecule has 0 radical (unpaired) electrons. The second-order valence-corrected chi connectivity index (χ2v) is 9.01. The molecule has 0 aliphatic heterocycles. The number of nitrogens with one attached hydrogen (secondary N) is 2. The average Bonchev–Trinajstić information content (AvgIpc) is 2.75.